The summed E-state index contributed by atoms with van der Waals surface area (Å²) in [5.41, 5.74) is 5.91. The first-order valence-electron chi connectivity index (χ1n) is 5.10. The average molecular weight is 184 g/mol. The smallest absolute Gasteiger partial charge is 0.224 e. The number of rotatable bonds is 3. The van der Waals surface area contributed by atoms with Gasteiger partial charge in [0.05, 0.1) is 0 Å². The van der Waals surface area contributed by atoms with E-state index in [4.69, 9.17) is 5.73 Å². The molecule has 76 valence electrons. The fourth-order valence-electron chi connectivity index (χ4n) is 1.87. The molecule has 1 rings (SSSR count). The second-order valence-electron chi connectivity index (χ2n) is 4.15. The molecule has 0 bridgehead atoms. The zero-order chi connectivity index (χ0) is 9.90. The Morgan fingerprint density at radius 3 is 2.46 bits per heavy atom. The summed E-state index contributed by atoms with van der Waals surface area (Å²) in [5, 5.41) is 0. The summed E-state index contributed by atoms with van der Waals surface area (Å²) in [4.78, 5) is 13.3. The van der Waals surface area contributed by atoms with Gasteiger partial charge in [0.1, 0.15) is 0 Å². The van der Waals surface area contributed by atoms with Crippen molar-refractivity contribution in [2.45, 2.75) is 44.6 Å². The molecule has 3 nitrogen and oxygen atoms in total. The summed E-state index contributed by atoms with van der Waals surface area (Å²) >= 11 is 0. The topological polar surface area (TPSA) is 46.3 Å². The summed E-state index contributed by atoms with van der Waals surface area (Å²) < 4.78 is 0. The standard InChI is InChI=1S/C10H20N2O/c1-3-12(2)9(13)8-10(11)6-4-5-7-10/h3-8,11H2,1-2H3. The van der Waals surface area contributed by atoms with E-state index in [0.717, 1.165) is 19.4 Å². The van der Waals surface area contributed by atoms with Crippen molar-refractivity contribution in [1.82, 2.24) is 4.90 Å². The number of hydrogen-bond donors (Lipinski definition) is 1. The van der Waals surface area contributed by atoms with Crippen molar-refractivity contribution in [2.24, 2.45) is 5.73 Å². The Kier molecular flexibility index (Phi) is 3.31. The van der Waals surface area contributed by atoms with E-state index < -0.39 is 0 Å². The van der Waals surface area contributed by atoms with E-state index in [0.29, 0.717) is 6.42 Å². The first-order chi connectivity index (χ1) is 6.07. The van der Waals surface area contributed by atoms with Crippen LogP contribution in [0.1, 0.15) is 39.0 Å². The summed E-state index contributed by atoms with van der Waals surface area (Å²) in [6.07, 6.45) is 4.91. The van der Waals surface area contributed by atoms with Gasteiger partial charge in [-0.15, -0.1) is 0 Å². The molecule has 0 aromatic rings. The number of amides is 1. The normalized spacial score (nSPS) is 20.2. The number of carbonyl (C=O) groups is 1. The summed E-state index contributed by atoms with van der Waals surface area (Å²) in [7, 11) is 1.83. The molecule has 2 N–H and O–H groups in total. The van der Waals surface area contributed by atoms with Crippen LogP contribution in [0, 0.1) is 0 Å². The van der Waals surface area contributed by atoms with Crippen LogP contribution in [-0.2, 0) is 4.79 Å². The molecule has 1 saturated carbocycles. The lowest BCUT2D eigenvalue weighted by Gasteiger charge is -2.25. The minimum Gasteiger partial charge on any atom is -0.346 e. The van der Waals surface area contributed by atoms with Gasteiger partial charge in [0.25, 0.3) is 0 Å². The average Bonchev–Trinajstić information content (AvgIpc) is 2.50. The van der Waals surface area contributed by atoms with Crippen molar-refractivity contribution < 1.29 is 4.79 Å². The van der Waals surface area contributed by atoms with Crippen LogP contribution >= 0.6 is 0 Å². The Balaban J connectivity index is 2.43. The lowest BCUT2D eigenvalue weighted by atomic mass is 9.94. The molecule has 0 aromatic heterocycles. The van der Waals surface area contributed by atoms with E-state index in [2.05, 4.69) is 0 Å². The molecule has 3 heteroatoms. The highest BCUT2D eigenvalue weighted by molar-refractivity contribution is 5.77. The SMILES string of the molecule is CCN(C)C(=O)CC1(N)CCCC1. The fraction of sp³-hybridized carbons (Fsp3) is 0.900. The maximum absolute atomic E-state index is 11.6. The van der Waals surface area contributed by atoms with Gasteiger partial charge in [0.15, 0.2) is 0 Å². The third-order valence-corrected chi connectivity index (χ3v) is 3.00. The minimum atomic E-state index is -0.194. The predicted molar refractivity (Wildman–Crippen MR) is 53.3 cm³/mol. The zero-order valence-corrected chi connectivity index (χ0v) is 8.68. The summed E-state index contributed by atoms with van der Waals surface area (Å²) in [6, 6.07) is 0. The first-order valence-corrected chi connectivity index (χ1v) is 5.10. The maximum atomic E-state index is 11.6. The molecular formula is C10H20N2O. The second kappa shape index (κ2) is 4.09. The lowest BCUT2D eigenvalue weighted by Crippen LogP contribution is -2.42. The molecule has 0 radical (unpaired) electrons. The molecule has 0 heterocycles. The third-order valence-electron chi connectivity index (χ3n) is 3.00. The van der Waals surface area contributed by atoms with E-state index in [1.165, 1.54) is 12.8 Å². The Labute approximate surface area is 80.3 Å². The van der Waals surface area contributed by atoms with Crippen LogP contribution < -0.4 is 5.73 Å². The van der Waals surface area contributed by atoms with Crippen LogP contribution in [0.4, 0.5) is 0 Å². The fourth-order valence-corrected chi connectivity index (χ4v) is 1.87. The van der Waals surface area contributed by atoms with Gasteiger partial charge in [-0.05, 0) is 19.8 Å². The molecule has 0 aromatic carbocycles. The Hall–Kier alpha value is -0.570. The van der Waals surface area contributed by atoms with Crippen molar-refractivity contribution in [3.63, 3.8) is 0 Å². The van der Waals surface area contributed by atoms with Gasteiger partial charge in [-0.3, -0.25) is 4.79 Å². The van der Waals surface area contributed by atoms with Gasteiger partial charge in [0, 0.05) is 25.6 Å². The van der Waals surface area contributed by atoms with Crippen LogP contribution in [0.25, 0.3) is 0 Å². The van der Waals surface area contributed by atoms with Gasteiger partial charge >= 0.3 is 0 Å². The highest BCUT2D eigenvalue weighted by atomic mass is 16.2. The van der Waals surface area contributed by atoms with Crippen molar-refractivity contribution >= 4 is 5.91 Å². The van der Waals surface area contributed by atoms with Crippen LogP contribution in [0.2, 0.25) is 0 Å². The van der Waals surface area contributed by atoms with Gasteiger partial charge in [-0.1, -0.05) is 12.8 Å². The number of carbonyl (C=O) groups excluding carboxylic acids is 1. The molecule has 0 saturated heterocycles. The zero-order valence-electron chi connectivity index (χ0n) is 8.68. The van der Waals surface area contributed by atoms with Gasteiger partial charge in [-0.2, -0.15) is 0 Å². The molecule has 1 aliphatic rings. The molecule has 0 spiro atoms. The highest BCUT2D eigenvalue weighted by Crippen LogP contribution is 2.30. The van der Waals surface area contributed by atoms with Crippen molar-refractivity contribution in [1.29, 1.82) is 0 Å². The minimum absolute atomic E-state index is 0.187. The molecule has 1 amide bonds. The van der Waals surface area contributed by atoms with E-state index in [9.17, 15) is 4.79 Å². The molecule has 0 aliphatic heterocycles. The van der Waals surface area contributed by atoms with Gasteiger partial charge in [-0.25, -0.2) is 0 Å². The van der Waals surface area contributed by atoms with E-state index in [1.54, 1.807) is 4.90 Å². The van der Waals surface area contributed by atoms with Crippen molar-refractivity contribution in [3.8, 4) is 0 Å². The molecule has 1 fully saturated rings. The second-order valence-corrected chi connectivity index (χ2v) is 4.15. The summed E-state index contributed by atoms with van der Waals surface area (Å²) in [5.74, 6) is 0.187. The van der Waals surface area contributed by atoms with E-state index in [-0.39, 0.29) is 11.4 Å². The quantitative estimate of drug-likeness (QED) is 0.714. The maximum Gasteiger partial charge on any atom is 0.224 e. The molecule has 1 aliphatic carbocycles. The molecule has 0 unspecified atom stereocenters. The third kappa shape index (κ3) is 2.69. The first kappa shape index (κ1) is 10.5. The molecule has 0 atom stereocenters. The molecular weight excluding hydrogens is 164 g/mol. The monoisotopic (exact) mass is 184 g/mol. The Morgan fingerprint density at radius 2 is 2.00 bits per heavy atom. The predicted octanol–water partition coefficient (Wildman–Crippen LogP) is 1.13. The van der Waals surface area contributed by atoms with Crippen LogP contribution in [-0.4, -0.2) is 29.9 Å². The molecule has 13 heavy (non-hydrogen) atoms. The van der Waals surface area contributed by atoms with Crippen molar-refractivity contribution in [3.05, 3.63) is 0 Å². The Morgan fingerprint density at radius 1 is 1.46 bits per heavy atom. The Bertz CT molecular complexity index is 185. The largest absolute Gasteiger partial charge is 0.346 e. The lowest BCUT2D eigenvalue weighted by molar-refractivity contribution is -0.130. The van der Waals surface area contributed by atoms with E-state index >= 15 is 0 Å². The highest BCUT2D eigenvalue weighted by Gasteiger charge is 2.32. The number of nitrogens with two attached hydrogens (primary N) is 1. The summed E-state index contributed by atoms with van der Waals surface area (Å²) in [6.45, 7) is 2.75. The van der Waals surface area contributed by atoms with Gasteiger partial charge < -0.3 is 10.6 Å². The van der Waals surface area contributed by atoms with Crippen LogP contribution in [0.5, 0.6) is 0 Å². The van der Waals surface area contributed by atoms with E-state index in [1.807, 2.05) is 14.0 Å². The van der Waals surface area contributed by atoms with Crippen molar-refractivity contribution in [2.75, 3.05) is 13.6 Å². The number of hydrogen-bond acceptors (Lipinski definition) is 2. The number of nitrogens with zero attached hydrogens (tertiary/aromatic N) is 1. The van der Waals surface area contributed by atoms with Crippen LogP contribution in [0.3, 0.4) is 0 Å². The van der Waals surface area contributed by atoms with Gasteiger partial charge in [0.2, 0.25) is 5.91 Å². The van der Waals surface area contributed by atoms with Crippen LogP contribution in [0.15, 0.2) is 0 Å².